The predicted molar refractivity (Wildman–Crippen MR) is 147 cm³/mol. The zero-order valence-corrected chi connectivity index (χ0v) is 23.7. The molecule has 0 N–H and O–H groups in total. The summed E-state index contributed by atoms with van der Waals surface area (Å²) in [6.07, 6.45) is 2.15. The normalized spacial score (nSPS) is 27.5. The summed E-state index contributed by atoms with van der Waals surface area (Å²) in [6.45, 7) is 4.09. The van der Waals surface area contributed by atoms with Gasteiger partial charge in [0, 0.05) is 45.3 Å². The molecule has 12 heteroatoms. The smallest absolute Gasteiger partial charge is 0.377 e. The topological polar surface area (TPSA) is 74.2 Å². The van der Waals surface area contributed by atoms with Crippen LogP contribution in [0.1, 0.15) is 43.7 Å². The molecular formula is C29H37F3N6O3. The quantitative estimate of drug-likeness (QED) is 0.537. The molecule has 6 rings (SSSR count). The lowest BCUT2D eigenvalue weighted by Gasteiger charge is -2.38. The highest BCUT2D eigenvalue weighted by molar-refractivity contribution is 5.91. The third-order valence-corrected chi connectivity index (χ3v) is 9.56. The number of carbonyl (C=O) groups is 2. The molecule has 2 amide bonds. The molecule has 4 atom stereocenters. The van der Waals surface area contributed by atoms with E-state index in [9.17, 15) is 22.8 Å². The van der Waals surface area contributed by atoms with Crippen LogP contribution in [0.2, 0.25) is 0 Å². The van der Waals surface area contributed by atoms with Gasteiger partial charge in [-0.2, -0.15) is 23.0 Å². The Morgan fingerprint density at radius 3 is 2.34 bits per heavy atom. The lowest BCUT2D eigenvalue weighted by molar-refractivity contribution is -0.137. The molecule has 222 valence electrons. The number of fused-ring (bicyclic) bond motifs is 3. The van der Waals surface area contributed by atoms with E-state index in [2.05, 4.69) is 10.00 Å². The largest absolute Gasteiger partial charge is 0.418 e. The van der Waals surface area contributed by atoms with E-state index < -0.39 is 11.7 Å². The van der Waals surface area contributed by atoms with Gasteiger partial charge in [0.25, 0.3) is 0 Å². The number of ether oxygens (including phenoxy) is 1. The Morgan fingerprint density at radius 2 is 1.73 bits per heavy atom. The van der Waals surface area contributed by atoms with E-state index >= 15 is 0 Å². The molecule has 4 fully saturated rings. The molecule has 9 nitrogen and oxygen atoms in total. The van der Waals surface area contributed by atoms with Crippen molar-refractivity contribution in [1.29, 1.82) is 0 Å². The monoisotopic (exact) mass is 574 g/mol. The van der Waals surface area contributed by atoms with Gasteiger partial charge in [-0.15, -0.1) is 0 Å². The Bertz CT molecular complexity index is 1280. The Morgan fingerprint density at radius 1 is 1.07 bits per heavy atom. The van der Waals surface area contributed by atoms with Crippen molar-refractivity contribution in [3.05, 3.63) is 41.7 Å². The summed E-state index contributed by atoms with van der Waals surface area (Å²) >= 11 is 0. The van der Waals surface area contributed by atoms with Crippen LogP contribution in [0, 0.1) is 11.8 Å². The van der Waals surface area contributed by atoms with Crippen LogP contribution in [-0.2, 0) is 22.3 Å². The Hall–Kier alpha value is -3.12. The third-order valence-electron chi connectivity index (χ3n) is 9.56. The van der Waals surface area contributed by atoms with Crippen LogP contribution in [-0.4, -0.2) is 90.0 Å². The molecule has 1 aromatic heterocycles. The molecule has 1 aliphatic carbocycles. The highest BCUT2D eigenvalue weighted by atomic mass is 19.4. The molecule has 3 aliphatic heterocycles. The molecule has 2 bridgehead atoms. The Kier molecular flexibility index (Phi) is 7.25. The second-order valence-corrected chi connectivity index (χ2v) is 12.1. The molecule has 1 aromatic carbocycles. The van der Waals surface area contributed by atoms with Crippen LogP contribution in [0.3, 0.4) is 0 Å². The van der Waals surface area contributed by atoms with E-state index in [-0.39, 0.29) is 35.8 Å². The standard InChI is InChI=1S/C29H37F3N6O3/c1-18(39)35(3)25-11-33-37(15-25)28(40)36-13-20-9-24(10-21(20)14-36)34(2)12-19-4-7-27(26(8-19)29(30,31)32)38-22-5-6-23(38)17-41-16-22/h4,7-8,11,15,20-24H,5-6,9-10,12-14,16-17H2,1-3H3/t20?,21?,22-,23+,24?. The van der Waals surface area contributed by atoms with Gasteiger partial charge in [-0.05, 0) is 62.3 Å². The summed E-state index contributed by atoms with van der Waals surface area (Å²) < 4.78 is 49.5. The molecule has 0 spiro atoms. The van der Waals surface area contributed by atoms with Crippen LogP contribution in [0.15, 0.2) is 30.6 Å². The number of anilines is 2. The van der Waals surface area contributed by atoms with Crippen LogP contribution in [0.4, 0.5) is 29.3 Å². The molecule has 4 heterocycles. The summed E-state index contributed by atoms with van der Waals surface area (Å²) in [5, 5.41) is 4.15. The maximum atomic E-state index is 14.2. The van der Waals surface area contributed by atoms with E-state index in [4.69, 9.17) is 4.74 Å². The predicted octanol–water partition coefficient (Wildman–Crippen LogP) is 4.06. The molecule has 41 heavy (non-hydrogen) atoms. The number of likely N-dealkylation sites (tertiary alicyclic amines) is 1. The first kappa shape index (κ1) is 28.0. The second-order valence-electron chi connectivity index (χ2n) is 12.1. The first-order chi connectivity index (χ1) is 19.5. The fraction of sp³-hybridized carbons (Fsp3) is 0.621. The van der Waals surface area contributed by atoms with Gasteiger partial charge in [-0.25, -0.2) is 4.79 Å². The van der Waals surface area contributed by atoms with Crippen molar-refractivity contribution in [1.82, 2.24) is 19.6 Å². The third kappa shape index (κ3) is 5.31. The summed E-state index contributed by atoms with van der Waals surface area (Å²) in [5.41, 5.74) is 0.932. The van der Waals surface area contributed by atoms with Crippen molar-refractivity contribution in [3.63, 3.8) is 0 Å². The average Bonchev–Trinajstić information content (AvgIpc) is 3.69. The van der Waals surface area contributed by atoms with Crippen molar-refractivity contribution in [2.45, 2.75) is 63.5 Å². The number of nitrogens with zero attached hydrogens (tertiary/aromatic N) is 6. The van der Waals surface area contributed by atoms with E-state index in [1.807, 2.05) is 22.9 Å². The SMILES string of the molecule is CC(=O)N(C)c1cnn(C(=O)N2CC3CC(N(C)Cc4ccc(N5[C@@H]6CC[C@H]5COC6)c(C(F)(F)F)c4)CC3C2)c1. The van der Waals surface area contributed by atoms with Gasteiger partial charge in [0.2, 0.25) is 5.91 Å². The first-order valence-corrected chi connectivity index (χ1v) is 14.3. The summed E-state index contributed by atoms with van der Waals surface area (Å²) in [5.74, 6) is 0.537. The zero-order valence-electron chi connectivity index (χ0n) is 23.7. The number of carbonyl (C=O) groups excluding carboxylic acids is 2. The number of halogens is 3. The van der Waals surface area contributed by atoms with Gasteiger partial charge >= 0.3 is 12.2 Å². The summed E-state index contributed by atoms with van der Waals surface area (Å²) in [6, 6.07) is 4.87. The number of hydrogen-bond acceptors (Lipinski definition) is 6. The molecule has 0 radical (unpaired) electrons. The van der Waals surface area contributed by atoms with Crippen molar-refractivity contribution in [2.75, 3.05) is 50.2 Å². The highest BCUT2D eigenvalue weighted by Crippen LogP contribution is 2.44. The summed E-state index contributed by atoms with van der Waals surface area (Å²) in [4.78, 5) is 32.0. The minimum Gasteiger partial charge on any atom is -0.377 e. The minimum absolute atomic E-state index is 0.00458. The van der Waals surface area contributed by atoms with Crippen molar-refractivity contribution >= 4 is 23.3 Å². The van der Waals surface area contributed by atoms with Crippen LogP contribution < -0.4 is 9.80 Å². The van der Waals surface area contributed by atoms with E-state index in [0.717, 1.165) is 25.7 Å². The minimum atomic E-state index is -4.43. The van der Waals surface area contributed by atoms with Gasteiger partial charge < -0.3 is 19.4 Å². The number of morpholine rings is 1. The van der Waals surface area contributed by atoms with E-state index in [0.29, 0.717) is 55.9 Å². The maximum absolute atomic E-state index is 14.2. The first-order valence-electron chi connectivity index (χ1n) is 14.3. The number of benzene rings is 1. The summed E-state index contributed by atoms with van der Waals surface area (Å²) in [7, 11) is 3.62. The molecular weight excluding hydrogens is 537 g/mol. The fourth-order valence-corrected chi connectivity index (χ4v) is 7.27. The van der Waals surface area contributed by atoms with Crippen molar-refractivity contribution < 1.29 is 27.5 Å². The number of rotatable bonds is 5. The molecule has 1 saturated carbocycles. The number of hydrogen-bond donors (Lipinski definition) is 0. The van der Waals surface area contributed by atoms with Crippen molar-refractivity contribution in [2.24, 2.45) is 11.8 Å². The molecule has 3 saturated heterocycles. The maximum Gasteiger partial charge on any atom is 0.418 e. The van der Waals surface area contributed by atoms with Crippen molar-refractivity contribution in [3.8, 4) is 0 Å². The van der Waals surface area contributed by atoms with Crippen LogP contribution in [0.5, 0.6) is 0 Å². The second kappa shape index (κ2) is 10.6. The Labute approximate surface area is 237 Å². The molecule has 2 aromatic rings. The fourth-order valence-electron chi connectivity index (χ4n) is 7.27. The number of aromatic nitrogens is 2. The Balaban J connectivity index is 1.08. The van der Waals surface area contributed by atoms with Crippen LogP contribution in [0.25, 0.3) is 0 Å². The lowest BCUT2D eigenvalue weighted by Crippen LogP contribution is -2.46. The lowest BCUT2D eigenvalue weighted by atomic mass is 10.0. The van der Waals surface area contributed by atoms with Gasteiger partial charge in [0.1, 0.15) is 0 Å². The average molecular weight is 575 g/mol. The zero-order chi connectivity index (χ0) is 29.1. The van der Waals surface area contributed by atoms with E-state index in [1.54, 1.807) is 19.3 Å². The van der Waals surface area contributed by atoms with Gasteiger partial charge in [-0.1, -0.05) is 6.07 Å². The molecule has 4 aliphatic rings. The highest BCUT2D eigenvalue weighted by Gasteiger charge is 2.45. The van der Waals surface area contributed by atoms with Crippen LogP contribution >= 0.6 is 0 Å². The number of alkyl halides is 3. The number of amides is 2. The van der Waals surface area contributed by atoms with E-state index in [1.165, 1.54) is 28.8 Å². The van der Waals surface area contributed by atoms with Gasteiger partial charge in [-0.3, -0.25) is 9.69 Å². The van der Waals surface area contributed by atoms with Gasteiger partial charge in [0.15, 0.2) is 0 Å². The van der Waals surface area contributed by atoms with Gasteiger partial charge in [0.05, 0.1) is 48.9 Å². The molecule has 2 unspecified atom stereocenters.